The van der Waals surface area contributed by atoms with Gasteiger partial charge in [0.1, 0.15) is 11.2 Å². The van der Waals surface area contributed by atoms with Gasteiger partial charge in [-0.2, -0.15) is 0 Å². The molecule has 0 saturated carbocycles. The Bertz CT molecular complexity index is 1830. The quantitative estimate of drug-likeness (QED) is 0.272. The molecule has 0 bridgehead atoms. The Hall–Kier alpha value is -3.12. The number of nitrogens with one attached hydrogen (secondary N) is 1. The van der Waals surface area contributed by atoms with E-state index in [0.717, 1.165) is 11.2 Å². The van der Waals surface area contributed by atoms with Crippen molar-refractivity contribution < 1.29 is 4.42 Å². The predicted molar refractivity (Wildman–Crippen MR) is 148 cm³/mol. The number of fused-ring (bicyclic) bond motifs is 6. The van der Waals surface area contributed by atoms with Gasteiger partial charge in [-0.15, -0.1) is 34.0 Å². The summed E-state index contributed by atoms with van der Waals surface area (Å²) in [4.78, 5) is 3.90. The summed E-state index contributed by atoms with van der Waals surface area (Å²) in [7, 11) is 1.97. The van der Waals surface area contributed by atoms with Crippen LogP contribution in [0.4, 0.5) is 5.00 Å². The van der Waals surface area contributed by atoms with Crippen LogP contribution < -0.4 is 5.32 Å². The molecule has 0 saturated heterocycles. The van der Waals surface area contributed by atoms with Gasteiger partial charge in [-0.25, -0.2) is 0 Å². The van der Waals surface area contributed by atoms with Gasteiger partial charge >= 0.3 is 0 Å². The number of benzene rings is 3. The monoisotopic (exact) mass is 481 g/mol. The second-order valence-electron chi connectivity index (χ2n) is 8.29. The molecule has 0 aliphatic heterocycles. The molecule has 2 nitrogen and oxygen atoms in total. The van der Waals surface area contributed by atoms with E-state index in [9.17, 15) is 0 Å². The lowest BCUT2D eigenvalue weighted by Crippen LogP contribution is -1.79. The molecule has 33 heavy (non-hydrogen) atoms. The first kappa shape index (κ1) is 19.4. The van der Waals surface area contributed by atoms with Crippen molar-refractivity contribution in [1.82, 2.24) is 0 Å². The second-order valence-corrected chi connectivity index (χ2v) is 11.8. The standard InChI is InChI=1S/C28H19NOS3/c1-15-3-8-24(31-15)16-4-6-18-20-14-27-21(13-23(20)30-22(18)11-16)19-7-5-17(12-26(19)32-27)25-9-10-28(29-2)33-25/h3-14,29H,1-2H3. The second kappa shape index (κ2) is 7.19. The summed E-state index contributed by atoms with van der Waals surface area (Å²) < 4.78 is 8.98. The van der Waals surface area contributed by atoms with Gasteiger partial charge in [-0.1, -0.05) is 18.2 Å². The van der Waals surface area contributed by atoms with Gasteiger partial charge < -0.3 is 9.73 Å². The average Bonchev–Trinajstić information content (AvgIpc) is 3.60. The Kier molecular flexibility index (Phi) is 4.22. The zero-order valence-electron chi connectivity index (χ0n) is 18.1. The first-order chi connectivity index (χ1) is 16.2. The maximum Gasteiger partial charge on any atom is 0.136 e. The molecule has 7 rings (SSSR count). The zero-order valence-corrected chi connectivity index (χ0v) is 20.5. The summed E-state index contributed by atoms with van der Waals surface area (Å²) in [5.41, 5.74) is 4.40. The average molecular weight is 482 g/mol. The van der Waals surface area contributed by atoms with E-state index in [1.54, 1.807) is 11.3 Å². The Balaban J connectivity index is 1.38. The van der Waals surface area contributed by atoms with Crippen LogP contribution in [-0.2, 0) is 0 Å². The number of anilines is 1. The van der Waals surface area contributed by atoms with Crippen molar-refractivity contribution in [2.75, 3.05) is 12.4 Å². The molecule has 0 aliphatic rings. The molecule has 0 aliphatic carbocycles. The Morgan fingerprint density at radius 3 is 2.12 bits per heavy atom. The normalized spacial score (nSPS) is 11.9. The van der Waals surface area contributed by atoms with Crippen molar-refractivity contribution in [3.8, 4) is 20.9 Å². The van der Waals surface area contributed by atoms with E-state index in [1.165, 1.54) is 61.7 Å². The fraction of sp³-hybridized carbons (Fsp3) is 0.0714. The van der Waals surface area contributed by atoms with Gasteiger partial charge in [0.25, 0.3) is 0 Å². The number of hydrogen-bond acceptors (Lipinski definition) is 5. The molecule has 0 atom stereocenters. The summed E-state index contributed by atoms with van der Waals surface area (Å²) in [6.07, 6.45) is 0. The van der Waals surface area contributed by atoms with Crippen LogP contribution in [0.5, 0.6) is 0 Å². The molecule has 0 fully saturated rings. The van der Waals surface area contributed by atoms with Crippen molar-refractivity contribution >= 4 is 81.1 Å². The van der Waals surface area contributed by atoms with Crippen molar-refractivity contribution in [2.45, 2.75) is 6.92 Å². The Labute approximate surface area is 202 Å². The zero-order chi connectivity index (χ0) is 22.1. The molecular weight excluding hydrogens is 463 g/mol. The van der Waals surface area contributed by atoms with Crippen LogP contribution in [0.15, 0.2) is 77.2 Å². The van der Waals surface area contributed by atoms with E-state index in [0.29, 0.717) is 0 Å². The fourth-order valence-corrected chi connectivity index (χ4v) is 7.46. The summed E-state index contributed by atoms with van der Waals surface area (Å²) in [5.74, 6) is 0. The van der Waals surface area contributed by atoms with Crippen molar-refractivity contribution in [1.29, 1.82) is 0 Å². The molecule has 4 aromatic heterocycles. The van der Waals surface area contributed by atoms with E-state index in [4.69, 9.17) is 4.42 Å². The SMILES string of the molecule is CNc1ccc(-c2ccc3c(c2)sc2cc4c(cc23)oc2cc(-c3ccc(C)s3)ccc24)s1. The molecule has 160 valence electrons. The van der Waals surface area contributed by atoms with E-state index >= 15 is 0 Å². The highest BCUT2D eigenvalue weighted by atomic mass is 32.1. The lowest BCUT2D eigenvalue weighted by molar-refractivity contribution is 0.669. The number of aryl methyl sites for hydroxylation is 1. The Morgan fingerprint density at radius 2 is 1.33 bits per heavy atom. The molecule has 7 aromatic rings. The third-order valence-corrected chi connectivity index (χ3v) is 9.54. The van der Waals surface area contributed by atoms with Crippen molar-refractivity contribution in [3.05, 3.63) is 77.7 Å². The maximum atomic E-state index is 6.36. The fourth-order valence-electron chi connectivity index (χ4n) is 4.57. The molecule has 0 spiro atoms. The molecule has 3 aromatic carbocycles. The Morgan fingerprint density at radius 1 is 0.606 bits per heavy atom. The lowest BCUT2D eigenvalue weighted by atomic mass is 10.1. The van der Waals surface area contributed by atoms with Crippen LogP contribution in [-0.4, -0.2) is 7.05 Å². The molecule has 0 radical (unpaired) electrons. The van der Waals surface area contributed by atoms with Gasteiger partial charge in [-0.3, -0.25) is 0 Å². The van der Waals surface area contributed by atoms with E-state index < -0.39 is 0 Å². The largest absolute Gasteiger partial charge is 0.456 e. The third kappa shape index (κ3) is 3.04. The topological polar surface area (TPSA) is 25.2 Å². The summed E-state index contributed by atoms with van der Waals surface area (Å²) >= 11 is 5.47. The minimum atomic E-state index is 0.954. The van der Waals surface area contributed by atoms with E-state index in [1.807, 2.05) is 29.7 Å². The van der Waals surface area contributed by atoms with Crippen LogP contribution in [0.2, 0.25) is 0 Å². The van der Waals surface area contributed by atoms with E-state index in [2.05, 4.69) is 85.0 Å². The molecule has 4 heterocycles. The van der Waals surface area contributed by atoms with Crippen LogP contribution in [0, 0.1) is 6.92 Å². The number of rotatable bonds is 3. The van der Waals surface area contributed by atoms with Crippen molar-refractivity contribution in [3.63, 3.8) is 0 Å². The van der Waals surface area contributed by atoms with Crippen LogP contribution >= 0.6 is 34.0 Å². The highest BCUT2D eigenvalue weighted by Crippen LogP contribution is 2.42. The van der Waals surface area contributed by atoms with Gasteiger partial charge in [-0.05, 0) is 72.6 Å². The minimum Gasteiger partial charge on any atom is -0.456 e. The van der Waals surface area contributed by atoms with Crippen LogP contribution in [0.25, 0.3) is 63.0 Å². The maximum absolute atomic E-state index is 6.36. The minimum absolute atomic E-state index is 0.954. The molecule has 1 N–H and O–H groups in total. The molecular formula is C28H19NOS3. The van der Waals surface area contributed by atoms with E-state index in [-0.39, 0.29) is 0 Å². The van der Waals surface area contributed by atoms with Gasteiger partial charge in [0, 0.05) is 52.6 Å². The highest BCUT2D eigenvalue weighted by Gasteiger charge is 2.14. The number of furan rings is 1. The summed E-state index contributed by atoms with van der Waals surface area (Å²) in [6, 6.07) is 26.6. The molecule has 0 unspecified atom stereocenters. The highest BCUT2D eigenvalue weighted by molar-refractivity contribution is 7.26. The van der Waals surface area contributed by atoms with Crippen LogP contribution in [0.1, 0.15) is 4.88 Å². The number of thiophene rings is 3. The predicted octanol–water partition coefficient (Wildman–Crippen LogP) is 9.76. The smallest absolute Gasteiger partial charge is 0.136 e. The molecule has 5 heteroatoms. The first-order valence-corrected chi connectivity index (χ1v) is 13.3. The molecule has 0 amide bonds. The van der Waals surface area contributed by atoms with Crippen molar-refractivity contribution in [2.24, 2.45) is 0 Å². The third-order valence-electron chi connectivity index (χ3n) is 6.23. The summed E-state index contributed by atoms with van der Waals surface area (Å²) in [6.45, 7) is 2.15. The first-order valence-electron chi connectivity index (χ1n) is 10.8. The summed E-state index contributed by atoms with van der Waals surface area (Å²) in [5, 5.41) is 9.35. The van der Waals surface area contributed by atoms with Gasteiger partial charge in [0.2, 0.25) is 0 Å². The number of hydrogen-bond donors (Lipinski definition) is 1. The van der Waals surface area contributed by atoms with Crippen LogP contribution in [0.3, 0.4) is 0 Å². The van der Waals surface area contributed by atoms with Gasteiger partial charge in [0.15, 0.2) is 0 Å². The van der Waals surface area contributed by atoms with Gasteiger partial charge in [0.05, 0.1) is 5.00 Å². The lowest BCUT2D eigenvalue weighted by Gasteiger charge is -1.98.